The molecule has 3 aromatic heterocycles. The summed E-state index contributed by atoms with van der Waals surface area (Å²) >= 11 is 3.46. The fraction of sp³-hybridized carbons (Fsp3) is 0.385. The third-order valence-electron chi connectivity index (χ3n) is 7.47. The topological polar surface area (TPSA) is 109 Å². The minimum atomic E-state index is -0.441. The van der Waals surface area contributed by atoms with E-state index >= 15 is 0 Å². The second-order valence-electron chi connectivity index (χ2n) is 10.1. The summed E-state index contributed by atoms with van der Waals surface area (Å²) in [6.45, 7) is 2.66. The molecule has 0 spiro atoms. The Bertz CT molecular complexity index is 1580. The number of hydrogen-bond acceptors (Lipinski definition) is 7. The average molecular weight is 581 g/mol. The molecule has 4 heterocycles. The molecule has 2 aliphatic rings. The maximum absolute atomic E-state index is 14.8. The molecular formula is C26H26BrFN8O2. The lowest BCUT2D eigenvalue weighted by Crippen LogP contribution is -2.56. The van der Waals surface area contributed by atoms with Crippen LogP contribution in [0.4, 0.5) is 10.3 Å². The number of rotatable bonds is 4. The van der Waals surface area contributed by atoms with Crippen LogP contribution in [0.3, 0.4) is 0 Å². The van der Waals surface area contributed by atoms with Crippen molar-refractivity contribution in [1.29, 1.82) is 0 Å². The van der Waals surface area contributed by atoms with Gasteiger partial charge in [0.1, 0.15) is 16.7 Å². The molecule has 1 aromatic carbocycles. The van der Waals surface area contributed by atoms with Gasteiger partial charge in [0.15, 0.2) is 11.5 Å². The number of piperazine rings is 1. The SMILES string of the molecule is CC1CN(C)C(=O)CN1C(=O)[C@@H]1CC[C@@H](Nc2ncc3c(Br)nn(-c4cc(F)c5ncccc5c4)c3n2)C1. The molecule has 1 aliphatic carbocycles. The molecule has 4 aromatic rings. The second-order valence-corrected chi connectivity index (χ2v) is 10.8. The smallest absolute Gasteiger partial charge is 0.242 e. The predicted octanol–water partition coefficient (Wildman–Crippen LogP) is 3.54. The molecule has 1 aliphatic heterocycles. The monoisotopic (exact) mass is 580 g/mol. The molecule has 196 valence electrons. The lowest BCUT2D eigenvalue weighted by atomic mass is 10.0. The van der Waals surface area contributed by atoms with Crippen molar-refractivity contribution >= 4 is 55.6 Å². The minimum absolute atomic E-state index is 0.00240. The summed E-state index contributed by atoms with van der Waals surface area (Å²) < 4.78 is 16.9. The standard InChI is InChI=1S/C26H26BrFN8O2/c1-14-12-34(2)21(37)13-35(14)25(38)16-5-6-17(8-16)31-26-30-11-19-23(27)33-36(24(19)32-26)18-9-15-4-3-7-29-22(15)20(28)10-18/h3-4,7,9-11,14,16-17H,5-6,8,12-13H2,1-2H3,(H,30,31,32)/t14?,16-,17-/m1/s1. The Kier molecular flexibility index (Phi) is 6.21. The Labute approximate surface area is 226 Å². The van der Waals surface area contributed by atoms with Crippen LogP contribution in [0, 0.1) is 11.7 Å². The summed E-state index contributed by atoms with van der Waals surface area (Å²) in [5, 5.41) is 9.24. The van der Waals surface area contributed by atoms with Crippen LogP contribution in [0.2, 0.25) is 0 Å². The van der Waals surface area contributed by atoms with Gasteiger partial charge in [0.05, 0.1) is 11.1 Å². The average Bonchev–Trinajstić information content (AvgIpc) is 3.50. The van der Waals surface area contributed by atoms with E-state index in [0.29, 0.717) is 51.1 Å². The van der Waals surface area contributed by atoms with Crippen LogP contribution >= 0.6 is 15.9 Å². The predicted molar refractivity (Wildman–Crippen MR) is 143 cm³/mol. The highest BCUT2D eigenvalue weighted by molar-refractivity contribution is 9.10. The summed E-state index contributed by atoms with van der Waals surface area (Å²) in [5.41, 5.74) is 1.34. The minimum Gasteiger partial charge on any atom is -0.351 e. The van der Waals surface area contributed by atoms with E-state index in [1.165, 1.54) is 6.07 Å². The number of pyridine rings is 1. The van der Waals surface area contributed by atoms with E-state index in [1.54, 1.807) is 46.1 Å². The van der Waals surface area contributed by atoms with E-state index < -0.39 is 5.82 Å². The van der Waals surface area contributed by atoms with E-state index in [9.17, 15) is 14.0 Å². The van der Waals surface area contributed by atoms with Crippen molar-refractivity contribution in [2.45, 2.75) is 38.3 Å². The first-order valence-corrected chi connectivity index (χ1v) is 13.3. The second kappa shape index (κ2) is 9.57. The number of carbonyl (C=O) groups excluding carboxylic acids is 2. The largest absolute Gasteiger partial charge is 0.351 e. The van der Waals surface area contributed by atoms with Gasteiger partial charge >= 0.3 is 0 Å². The van der Waals surface area contributed by atoms with Crippen molar-refractivity contribution < 1.29 is 14.0 Å². The van der Waals surface area contributed by atoms with Crippen molar-refractivity contribution in [2.75, 3.05) is 25.5 Å². The molecular weight excluding hydrogens is 555 g/mol. The van der Waals surface area contributed by atoms with Crippen molar-refractivity contribution in [2.24, 2.45) is 5.92 Å². The third-order valence-corrected chi connectivity index (χ3v) is 8.05. The van der Waals surface area contributed by atoms with E-state index in [1.807, 2.05) is 13.0 Å². The Balaban J connectivity index is 1.22. The van der Waals surface area contributed by atoms with Crippen LogP contribution < -0.4 is 5.32 Å². The van der Waals surface area contributed by atoms with Crippen LogP contribution in [-0.2, 0) is 9.59 Å². The van der Waals surface area contributed by atoms with Gasteiger partial charge in [0.2, 0.25) is 17.8 Å². The zero-order valence-corrected chi connectivity index (χ0v) is 22.5. The number of carbonyl (C=O) groups is 2. The van der Waals surface area contributed by atoms with Gasteiger partial charge in [0, 0.05) is 55.4 Å². The molecule has 12 heteroatoms. The van der Waals surface area contributed by atoms with Gasteiger partial charge in [-0.15, -0.1) is 0 Å². The third kappa shape index (κ3) is 4.36. The number of hydrogen-bond donors (Lipinski definition) is 1. The Morgan fingerprint density at radius 1 is 1.24 bits per heavy atom. The molecule has 10 nitrogen and oxygen atoms in total. The molecule has 6 rings (SSSR count). The molecule has 2 amide bonds. The number of halogens is 2. The first kappa shape index (κ1) is 24.7. The highest BCUT2D eigenvalue weighted by Crippen LogP contribution is 2.32. The van der Waals surface area contributed by atoms with Crippen molar-refractivity contribution in [3.05, 3.63) is 47.1 Å². The number of aromatic nitrogens is 5. The lowest BCUT2D eigenvalue weighted by molar-refractivity contribution is -0.149. The van der Waals surface area contributed by atoms with Gasteiger partial charge in [0.25, 0.3) is 0 Å². The summed E-state index contributed by atoms with van der Waals surface area (Å²) in [6, 6.07) is 6.78. The highest BCUT2D eigenvalue weighted by Gasteiger charge is 2.38. The van der Waals surface area contributed by atoms with Crippen molar-refractivity contribution in [3.8, 4) is 5.69 Å². The number of nitrogens with one attached hydrogen (secondary N) is 1. The summed E-state index contributed by atoms with van der Waals surface area (Å²) in [5.74, 6) is -0.173. The Hall–Kier alpha value is -3.67. The number of fused-ring (bicyclic) bond motifs is 2. The number of nitrogens with zero attached hydrogens (tertiary/aromatic N) is 7. The molecule has 0 radical (unpaired) electrons. The molecule has 2 fully saturated rings. The van der Waals surface area contributed by atoms with Crippen molar-refractivity contribution in [3.63, 3.8) is 0 Å². The van der Waals surface area contributed by atoms with Gasteiger partial charge in [-0.3, -0.25) is 14.6 Å². The maximum atomic E-state index is 14.8. The quantitative estimate of drug-likeness (QED) is 0.393. The van der Waals surface area contributed by atoms with E-state index in [-0.39, 0.29) is 36.4 Å². The van der Waals surface area contributed by atoms with Crippen LogP contribution in [0.15, 0.2) is 41.3 Å². The van der Waals surface area contributed by atoms with Crippen LogP contribution in [0.25, 0.3) is 27.6 Å². The number of benzene rings is 1. The van der Waals surface area contributed by atoms with Gasteiger partial charge in [-0.05, 0) is 54.2 Å². The van der Waals surface area contributed by atoms with Crippen LogP contribution in [0.5, 0.6) is 0 Å². The van der Waals surface area contributed by atoms with E-state index in [0.717, 1.165) is 12.8 Å². The fourth-order valence-electron chi connectivity index (χ4n) is 5.44. The molecule has 1 saturated carbocycles. The molecule has 1 N–H and O–H groups in total. The number of amides is 2. The Morgan fingerprint density at radius 3 is 2.92 bits per heavy atom. The molecule has 1 saturated heterocycles. The number of likely N-dealkylation sites (N-methyl/N-ethyl adjacent to an activating group) is 1. The molecule has 3 atom stereocenters. The van der Waals surface area contributed by atoms with Gasteiger partial charge in [-0.25, -0.2) is 14.1 Å². The van der Waals surface area contributed by atoms with E-state index in [4.69, 9.17) is 4.98 Å². The van der Waals surface area contributed by atoms with Gasteiger partial charge in [-0.2, -0.15) is 10.1 Å². The van der Waals surface area contributed by atoms with Crippen LogP contribution in [0.1, 0.15) is 26.2 Å². The Morgan fingerprint density at radius 2 is 2.08 bits per heavy atom. The summed E-state index contributed by atoms with van der Waals surface area (Å²) in [7, 11) is 1.77. The maximum Gasteiger partial charge on any atom is 0.242 e. The summed E-state index contributed by atoms with van der Waals surface area (Å²) in [6.07, 6.45) is 5.40. The van der Waals surface area contributed by atoms with Gasteiger partial charge in [-0.1, -0.05) is 6.07 Å². The normalized spacial score (nSPS) is 22.0. The molecule has 1 unspecified atom stereocenters. The van der Waals surface area contributed by atoms with Gasteiger partial charge < -0.3 is 15.1 Å². The highest BCUT2D eigenvalue weighted by atomic mass is 79.9. The van der Waals surface area contributed by atoms with Crippen LogP contribution in [-0.4, -0.2) is 78.6 Å². The lowest BCUT2D eigenvalue weighted by Gasteiger charge is -2.38. The zero-order valence-electron chi connectivity index (χ0n) is 20.9. The first-order chi connectivity index (χ1) is 18.3. The van der Waals surface area contributed by atoms with E-state index in [2.05, 4.69) is 36.3 Å². The summed E-state index contributed by atoms with van der Waals surface area (Å²) in [4.78, 5) is 42.0. The zero-order chi connectivity index (χ0) is 26.6. The van der Waals surface area contributed by atoms with Crippen molar-refractivity contribution in [1.82, 2.24) is 34.5 Å². The molecule has 38 heavy (non-hydrogen) atoms. The first-order valence-electron chi connectivity index (χ1n) is 12.6. The number of anilines is 1. The molecule has 0 bridgehead atoms. The fourth-order valence-corrected chi connectivity index (χ4v) is 5.88.